The van der Waals surface area contributed by atoms with Gasteiger partial charge in [-0.2, -0.15) is 0 Å². The Labute approximate surface area is 79.2 Å². The fourth-order valence-electron chi connectivity index (χ4n) is 1.29. The lowest BCUT2D eigenvalue weighted by atomic mass is 10.2. The van der Waals surface area contributed by atoms with Gasteiger partial charge in [0.05, 0.1) is 6.10 Å². The molecular formula is C9H18N2O2. The lowest BCUT2D eigenvalue weighted by Gasteiger charge is -2.17. The normalized spacial score (nSPS) is 21.5. The SMILES string of the molecule is CCN(C)C(=O)NCC1CCCO1. The predicted octanol–water partition coefficient (Wildman–Crippen LogP) is 0.827. The average molecular weight is 186 g/mol. The first-order valence-electron chi connectivity index (χ1n) is 4.84. The first-order valence-corrected chi connectivity index (χ1v) is 4.84. The van der Waals surface area contributed by atoms with Crippen LogP contribution in [-0.4, -0.2) is 43.8 Å². The summed E-state index contributed by atoms with van der Waals surface area (Å²) in [6.45, 7) is 4.16. The molecule has 4 nitrogen and oxygen atoms in total. The second-order valence-corrected chi connectivity index (χ2v) is 3.34. The van der Waals surface area contributed by atoms with Crippen LogP contribution in [-0.2, 0) is 4.74 Å². The van der Waals surface area contributed by atoms with Crippen molar-refractivity contribution in [1.82, 2.24) is 10.2 Å². The lowest BCUT2D eigenvalue weighted by Crippen LogP contribution is -2.40. The Hall–Kier alpha value is -0.770. The summed E-state index contributed by atoms with van der Waals surface area (Å²) in [5, 5.41) is 2.84. The van der Waals surface area contributed by atoms with Crippen molar-refractivity contribution in [2.45, 2.75) is 25.9 Å². The molecule has 0 aromatic heterocycles. The molecule has 1 saturated heterocycles. The second kappa shape index (κ2) is 5.07. The van der Waals surface area contributed by atoms with Gasteiger partial charge >= 0.3 is 6.03 Å². The summed E-state index contributed by atoms with van der Waals surface area (Å²) in [5.74, 6) is 0. The van der Waals surface area contributed by atoms with Crippen LogP contribution in [0.3, 0.4) is 0 Å². The highest BCUT2D eigenvalue weighted by molar-refractivity contribution is 5.73. The molecule has 1 aliphatic rings. The Kier molecular flexibility index (Phi) is 4.02. The van der Waals surface area contributed by atoms with E-state index >= 15 is 0 Å². The molecule has 76 valence electrons. The maximum Gasteiger partial charge on any atom is 0.317 e. The van der Waals surface area contributed by atoms with Gasteiger partial charge in [0, 0.05) is 26.7 Å². The minimum atomic E-state index is -0.0157. The Morgan fingerprint density at radius 3 is 3.00 bits per heavy atom. The van der Waals surface area contributed by atoms with Crippen molar-refractivity contribution in [1.29, 1.82) is 0 Å². The molecule has 1 fully saturated rings. The van der Waals surface area contributed by atoms with Crippen LogP contribution in [0, 0.1) is 0 Å². The summed E-state index contributed by atoms with van der Waals surface area (Å²) < 4.78 is 5.38. The Balaban J connectivity index is 2.13. The zero-order chi connectivity index (χ0) is 9.68. The van der Waals surface area contributed by atoms with E-state index in [1.165, 1.54) is 0 Å². The number of hydrogen-bond donors (Lipinski definition) is 1. The Morgan fingerprint density at radius 1 is 1.69 bits per heavy atom. The van der Waals surface area contributed by atoms with Crippen LogP contribution >= 0.6 is 0 Å². The molecule has 1 atom stereocenters. The van der Waals surface area contributed by atoms with Gasteiger partial charge in [0.15, 0.2) is 0 Å². The molecular weight excluding hydrogens is 168 g/mol. The third-order valence-corrected chi connectivity index (χ3v) is 2.33. The molecule has 0 saturated carbocycles. The lowest BCUT2D eigenvalue weighted by molar-refractivity contribution is 0.109. The van der Waals surface area contributed by atoms with Crippen LogP contribution in [0.15, 0.2) is 0 Å². The van der Waals surface area contributed by atoms with E-state index in [0.717, 1.165) is 26.0 Å². The van der Waals surface area contributed by atoms with Gasteiger partial charge in [-0.3, -0.25) is 0 Å². The first kappa shape index (κ1) is 10.3. The van der Waals surface area contributed by atoms with Crippen molar-refractivity contribution < 1.29 is 9.53 Å². The largest absolute Gasteiger partial charge is 0.376 e. The maximum atomic E-state index is 11.3. The molecule has 0 aromatic carbocycles. The van der Waals surface area contributed by atoms with Crippen molar-refractivity contribution >= 4 is 6.03 Å². The summed E-state index contributed by atoms with van der Waals surface area (Å²) in [6, 6.07) is -0.0157. The van der Waals surface area contributed by atoms with E-state index in [1.807, 2.05) is 6.92 Å². The Morgan fingerprint density at radius 2 is 2.46 bits per heavy atom. The number of carbonyl (C=O) groups excluding carboxylic acids is 1. The number of rotatable bonds is 3. The zero-order valence-electron chi connectivity index (χ0n) is 8.38. The second-order valence-electron chi connectivity index (χ2n) is 3.34. The molecule has 1 heterocycles. The summed E-state index contributed by atoms with van der Waals surface area (Å²) in [5.41, 5.74) is 0. The molecule has 1 unspecified atom stereocenters. The quantitative estimate of drug-likeness (QED) is 0.709. The minimum absolute atomic E-state index is 0.0157. The molecule has 1 aliphatic heterocycles. The van der Waals surface area contributed by atoms with E-state index in [-0.39, 0.29) is 12.1 Å². The van der Waals surface area contributed by atoms with E-state index in [1.54, 1.807) is 11.9 Å². The number of hydrogen-bond acceptors (Lipinski definition) is 2. The number of carbonyl (C=O) groups is 1. The van der Waals surface area contributed by atoms with E-state index in [9.17, 15) is 4.79 Å². The number of nitrogens with zero attached hydrogens (tertiary/aromatic N) is 1. The molecule has 0 aromatic rings. The maximum absolute atomic E-state index is 11.3. The van der Waals surface area contributed by atoms with Crippen molar-refractivity contribution in [2.24, 2.45) is 0 Å². The Bertz CT molecular complexity index is 167. The van der Waals surface area contributed by atoms with Gasteiger partial charge in [-0.1, -0.05) is 0 Å². The van der Waals surface area contributed by atoms with Crippen molar-refractivity contribution in [3.8, 4) is 0 Å². The van der Waals surface area contributed by atoms with Crippen LogP contribution < -0.4 is 5.32 Å². The first-order chi connectivity index (χ1) is 6.24. The van der Waals surface area contributed by atoms with Gasteiger partial charge in [-0.05, 0) is 19.8 Å². The summed E-state index contributed by atoms with van der Waals surface area (Å²) in [4.78, 5) is 12.9. The van der Waals surface area contributed by atoms with Crippen LogP contribution in [0.25, 0.3) is 0 Å². The van der Waals surface area contributed by atoms with Crippen molar-refractivity contribution in [3.05, 3.63) is 0 Å². The van der Waals surface area contributed by atoms with Gasteiger partial charge < -0.3 is 15.0 Å². The van der Waals surface area contributed by atoms with E-state index in [4.69, 9.17) is 4.74 Å². The highest BCUT2D eigenvalue weighted by Crippen LogP contribution is 2.10. The van der Waals surface area contributed by atoms with Gasteiger partial charge in [-0.25, -0.2) is 4.79 Å². The van der Waals surface area contributed by atoms with Crippen LogP contribution in [0.4, 0.5) is 4.79 Å². The molecule has 0 aliphatic carbocycles. The third kappa shape index (κ3) is 3.22. The van der Waals surface area contributed by atoms with Gasteiger partial charge in [0.2, 0.25) is 0 Å². The fraction of sp³-hybridized carbons (Fsp3) is 0.889. The van der Waals surface area contributed by atoms with Gasteiger partial charge in [-0.15, -0.1) is 0 Å². The average Bonchev–Trinajstić information content (AvgIpc) is 2.65. The van der Waals surface area contributed by atoms with E-state index in [0.29, 0.717) is 6.54 Å². The zero-order valence-corrected chi connectivity index (χ0v) is 8.38. The summed E-state index contributed by atoms with van der Waals surface area (Å²) >= 11 is 0. The number of nitrogens with one attached hydrogen (secondary N) is 1. The standard InChI is InChI=1S/C9H18N2O2/c1-3-11(2)9(12)10-7-8-5-4-6-13-8/h8H,3-7H2,1-2H3,(H,10,12). The number of amides is 2. The highest BCUT2D eigenvalue weighted by atomic mass is 16.5. The predicted molar refractivity (Wildman–Crippen MR) is 50.7 cm³/mol. The molecule has 4 heteroatoms. The van der Waals surface area contributed by atoms with E-state index in [2.05, 4.69) is 5.32 Å². The molecule has 1 N–H and O–H groups in total. The molecule has 0 spiro atoms. The van der Waals surface area contributed by atoms with Gasteiger partial charge in [0.1, 0.15) is 0 Å². The highest BCUT2D eigenvalue weighted by Gasteiger charge is 2.16. The minimum Gasteiger partial charge on any atom is -0.376 e. The van der Waals surface area contributed by atoms with Crippen LogP contribution in [0.5, 0.6) is 0 Å². The molecule has 13 heavy (non-hydrogen) atoms. The summed E-state index contributed by atoms with van der Waals surface area (Å²) in [7, 11) is 1.78. The third-order valence-electron chi connectivity index (χ3n) is 2.33. The van der Waals surface area contributed by atoms with Gasteiger partial charge in [0.25, 0.3) is 0 Å². The molecule has 0 radical (unpaired) electrons. The van der Waals surface area contributed by atoms with Crippen molar-refractivity contribution in [2.75, 3.05) is 26.7 Å². The van der Waals surface area contributed by atoms with Crippen LogP contribution in [0.1, 0.15) is 19.8 Å². The molecule has 2 amide bonds. The monoisotopic (exact) mass is 186 g/mol. The number of ether oxygens (including phenoxy) is 1. The number of urea groups is 1. The van der Waals surface area contributed by atoms with E-state index < -0.39 is 0 Å². The van der Waals surface area contributed by atoms with Crippen molar-refractivity contribution in [3.63, 3.8) is 0 Å². The summed E-state index contributed by atoms with van der Waals surface area (Å²) in [6.07, 6.45) is 2.41. The molecule has 0 bridgehead atoms. The topological polar surface area (TPSA) is 41.6 Å². The van der Waals surface area contributed by atoms with Crippen LogP contribution in [0.2, 0.25) is 0 Å². The smallest absolute Gasteiger partial charge is 0.317 e. The fourth-order valence-corrected chi connectivity index (χ4v) is 1.29. The molecule has 1 rings (SSSR count).